The minimum Gasteiger partial charge on any atom is -0.310 e. The standard InChI is InChI=1S/C12H9N3O/c13-8-10-3-1-9(2-4-10)7-11-14-6-5-12(16)15-11/h1-6H,7H2,(H,14,15,16). The summed E-state index contributed by atoms with van der Waals surface area (Å²) in [5.41, 5.74) is 1.48. The molecule has 0 radical (unpaired) electrons. The number of hydrogen-bond acceptors (Lipinski definition) is 3. The second-order valence-corrected chi connectivity index (χ2v) is 3.37. The minimum absolute atomic E-state index is 0.154. The van der Waals surface area contributed by atoms with E-state index in [1.54, 1.807) is 12.1 Å². The van der Waals surface area contributed by atoms with Crippen LogP contribution in [0.4, 0.5) is 0 Å². The highest BCUT2D eigenvalue weighted by atomic mass is 16.1. The van der Waals surface area contributed by atoms with Crippen LogP contribution in [0.5, 0.6) is 0 Å². The van der Waals surface area contributed by atoms with Crippen LogP contribution >= 0.6 is 0 Å². The van der Waals surface area contributed by atoms with E-state index < -0.39 is 0 Å². The fourth-order valence-corrected chi connectivity index (χ4v) is 1.39. The van der Waals surface area contributed by atoms with Crippen LogP contribution in [0.3, 0.4) is 0 Å². The van der Waals surface area contributed by atoms with Crippen molar-refractivity contribution in [1.82, 2.24) is 9.97 Å². The Bertz CT molecular complexity index is 578. The molecule has 2 rings (SSSR count). The normalized spacial score (nSPS) is 9.69. The average molecular weight is 211 g/mol. The van der Waals surface area contributed by atoms with Crippen molar-refractivity contribution in [2.24, 2.45) is 0 Å². The number of benzene rings is 1. The molecular formula is C12H9N3O. The Morgan fingerprint density at radius 1 is 1.25 bits per heavy atom. The van der Waals surface area contributed by atoms with Gasteiger partial charge < -0.3 is 4.98 Å². The molecular weight excluding hydrogens is 202 g/mol. The number of H-pyrrole nitrogens is 1. The van der Waals surface area contributed by atoms with Crippen molar-refractivity contribution in [3.05, 3.63) is 63.8 Å². The smallest absolute Gasteiger partial charge is 0.250 e. The second kappa shape index (κ2) is 4.41. The summed E-state index contributed by atoms with van der Waals surface area (Å²) in [5, 5.41) is 8.64. The van der Waals surface area contributed by atoms with Crippen LogP contribution in [-0.4, -0.2) is 9.97 Å². The molecule has 0 saturated heterocycles. The number of aromatic nitrogens is 2. The largest absolute Gasteiger partial charge is 0.310 e. The van der Waals surface area contributed by atoms with Crippen molar-refractivity contribution in [2.45, 2.75) is 6.42 Å². The molecule has 0 bridgehead atoms. The van der Waals surface area contributed by atoms with Gasteiger partial charge in [-0.2, -0.15) is 5.26 Å². The molecule has 1 aromatic carbocycles. The number of nitriles is 1. The SMILES string of the molecule is N#Cc1ccc(Cc2nccc(=O)[nH]2)cc1. The molecule has 16 heavy (non-hydrogen) atoms. The van der Waals surface area contributed by atoms with Gasteiger partial charge in [0, 0.05) is 18.7 Å². The third kappa shape index (κ3) is 2.34. The summed E-state index contributed by atoms with van der Waals surface area (Å²) in [6, 6.07) is 10.6. The molecule has 0 saturated carbocycles. The Labute approximate surface area is 92.2 Å². The number of hydrogen-bond donors (Lipinski definition) is 1. The van der Waals surface area contributed by atoms with E-state index in [1.807, 2.05) is 12.1 Å². The van der Waals surface area contributed by atoms with Crippen LogP contribution in [0, 0.1) is 11.3 Å². The molecule has 0 aliphatic rings. The van der Waals surface area contributed by atoms with Crippen molar-refractivity contribution in [1.29, 1.82) is 5.26 Å². The molecule has 0 aliphatic carbocycles. The van der Waals surface area contributed by atoms with Gasteiger partial charge in [-0.15, -0.1) is 0 Å². The predicted molar refractivity (Wildman–Crippen MR) is 58.8 cm³/mol. The maximum Gasteiger partial charge on any atom is 0.250 e. The van der Waals surface area contributed by atoms with E-state index in [-0.39, 0.29) is 5.56 Å². The van der Waals surface area contributed by atoms with Gasteiger partial charge in [-0.3, -0.25) is 4.79 Å². The Morgan fingerprint density at radius 2 is 2.00 bits per heavy atom. The molecule has 1 N–H and O–H groups in total. The first-order valence-electron chi connectivity index (χ1n) is 4.81. The summed E-state index contributed by atoms with van der Waals surface area (Å²) in [6.07, 6.45) is 2.04. The van der Waals surface area contributed by atoms with Crippen LogP contribution in [0.2, 0.25) is 0 Å². The highest BCUT2D eigenvalue weighted by Gasteiger charge is 1.98. The number of nitrogens with one attached hydrogen (secondary N) is 1. The fraction of sp³-hybridized carbons (Fsp3) is 0.0833. The zero-order chi connectivity index (χ0) is 11.4. The Kier molecular flexibility index (Phi) is 2.79. The lowest BCUT2D eigenvalue weighted by Gasteiger charge is -2.00. The van der Waals surface area contributed by atoms with Crippen molar-refractivity contribution < 1.29 is 0 Å². The van der Waals surface area contributed by atoms with Gasteiger partial charge in [0.15, 0.2) is 0 Å². The predicted octanol–water partition coefficient (Wildman–Crippen LogP) is 1.23. The highest BCUT2D eigenvalue weighted by molar-refractivity contribution is 5.32. The lowest BCUT2D eigenvalue weighted by molar-refractivity contribution is 0.945. The molecule has 4 nitrogen and oxygen atoms in total. The molecule has 1 heterocycles. The van der Waals surface area contributed by atoms with Gasteiger partial charge in [-0.05, 0) is 17.7 Å². The van der Waals surface area contributed by atoms with E-state index in [0.29, 0.717) is 17.8 Å². The summed E-state index contributed by atoms with van der Waals surface area (Å²) in [4.78, 5) is 17.8. The first-order chi connectivity index (χ1) is 7.78. The van der Waals surface area contributed by atoms with Gasteiger partial charge >= 0.3 is 0 Å². The third-order valence-corrected chi connectivity index (χ3v) is 2.18. The maximum atomic E-state index is 11.0. The Hall–Kier alpha value is -2.41. The van der Waals surface area contributed by atoms with Gasteiger partial charge in [0.05, 0.1) is 11.6 Å². The molecule has 0 amide bonds. The van der Waals surface area contributed by atoms with Gasteiger partial charge in [0.25, 0.3) is 5.56 Å². The molecule has 0 spiro atoms. The molecule has 0 fully saturated rings. The number of nitrogens with zero attached hydrogens (tertiary/aromatic N) is 2. The topological polar surface area (TPSA) is 69.5 Å². The van der Waals surface area contributed by atoms with Crippen LogP contribution in [0.25, 0.3) is 0 Å². The first-order valence-corrected chi connectivity index (χ1v) is 4.81. The zero-order valence-electron chi connectivity index (χ0n) is 8.47. The molecule has 0 atom stereocenters. The van der Waals surface area contributed by atoms with Crippen LogP contribution in [0.1, 0.15) is 17.0 Å². The third-order valence-electron chi connectivity index (χ3n) is 2.18. The quantitative estimate of drug-likeness (QED) is 0.812. The second-order valence-electron chi connectivity index (χ2n) is 3.37. The lowest BCUT2D eigenvalue weighted by Crippen LogP contribution is -2.09. The van der Waals surface area contributed by atoms with Crippen molar-refractivity contribution in [2.75, 3.05) is 0 Å². The summed E-state index contributed by atoms with van der Waals surface area (Å²) >= 11 is 0. The van der Waals surface area contributed by atoms with Gasteiger partial charge in [0.1, 0.15) is 5.82 Å². The highest BCUT2D eigenvalue weighted by Crippen LogP contribution is 2.06. The summed E-state index contributed by atoms with van der Waals surface area (Å²) in [7, 11) is 0. The van der Waals surface area contributed by atoms with E-state index in [9.17, 15) is 4.79 Å². The van der Waals surface area contributed by atoms with Gasteiger partial charge in [-0.25, -0.2) is 4.98 Å². The van der Waals surface area contributed by atoms with E-state index in [2.05, 4.69) is 16.0 Å². The molecule has 78 valence electrons. The van der Waals surface area contributed by atoms with Crippen LogP contribution < -0.4 is 5.56 Å². The maximum absolute atomic E-state index is 11.0. The summed E-state index contributed by atoms with van der Waals surface area (Å²) in [6.45, 7) is 0. The zero-order valence-corrected chi connectivity index (χ0v) is 8.47. The molecule has 0 aliphatic heterocycles. The fourth-order valence-electron chi connectivity index (χ4n) is 1.39. The first kappa shape index (κ1) is 10.1. The van der Waals surface area contributed by atoms with Crippen LogP contribution in [0.15, 0.2) is 41.3 Å². The van der Waals surface area contributed by atoms with E-state index in [1.165, 1.54) is 12.3 Å². The minimum atomic E-state index is -0.154. The van der Waals surface area contributed by atoms with Crippen LogP contribution in [-0.2, 0) is 6.42 Å². The monoisotopic (exact) mass is 211 g/mol. The summed E-state index contributed by atoms with van der Waals surface area (Å²) in [5.74, 6) is 0.622. The van der Waals surface area contributed by atoms with E-state index in [0.717, 1.165) is 5.56 Å². The van der Waals surface area contributed by atoms with Gasteiger partial charge in [-0.1, -0.05) is 12.1 Å². The Balaban J connectivity index is 2.21. The number of aromatic amines is 1. The van der Waals surface area contributed by atoms with E-state index in [4.69, 9.17) is 5.26 Å². The molecule has 0 unspecified atom stereocenters. The Morgan fingerprint density at radius 3 is 2.62 bits per heavy atom. The van der Waals surface area contributed by atoms with E-state index >= 15 is 0 Å². The molecule has 1 aromatic heterocycles. The van der Waals surface area contributed by atoms with Crippen molar-refractivity contribution in [3.8, 4) is 6.07 Å². The summed E-state index contributed by atoms with van der Waals surface area (Å²) < 4.78 is 0. The lowest BCUT2D eigenvalue weighted by atomic mass is 10.1. The number of rotatable bonds is 2. The van der Waals surface area contributed by atoms with Crippen molar-refractivity contribution in [3.63, 3.8) is 0 Å². The molecule has 4 heteroatoms. The molecule has 2 aromatic rings. The average Bonchev–Trinajstić information content (AvgIpc) is 2.30. The van der Waals surface area contributed by atoms with Gasteiger partial charge in [0.2, 0.25) is 0 Å². The van der Waals surface area contributed by atoms with Crippen molar-refractivity contribution >= 4 is 0 Å².